The Morgan fingerprint density at radius 2 is 1.35 bits per heavy atom. The summed E-state index contributed by atoms with van der Waals surface area (Å²) < 4.78 is 29.0. The monoisotopic (exact) mass is 298 g/mol. The third-order valence-electron chi connectivity index (χ3n) is 2.60. The first-order chi connectivity index (χ1) is 9.49. The van der Waals surface area contributed by atoms with E-state index in [0.29, 0.717) is 5.25 Å². The SMILES string of the molecule is Cc1ccc(C(C)Sc2ccccc2)cc1.FC(F)F. The first-order valence-electron chi connectivity index (χ1n) is 6.19. The Hall–Kier alpha value is -1.42. The molecule has 1 atom stereocenters. The van der Waals surface area contributed by atoms with E-state index in [1.54, 1.807) is 0 Å². The highest BCUT2D eigenvalue weighted by atomic mass is 32.2. The van der Waals surface area contributed by atoms with Crippen LogP contribution in [-0.4, -0.2) is 6.68 Å². The molecule has 0 aromatic heterocycles. The number of rotatable bonds is 3. The molecule has 2 aromatic carbocycles. The molecule has 4 heteroatoms. The number of halogens is 3. The van der Waals surface area contributed by atoms with Gasteiger partial charge in [0.1, 0.15) is 0 Å². The van der Waals surface area contributed by atoms with E-state index in [1.807, 2.05) is 11.8 Å². The molecule has 0 N–H and O–H groups in total. The number of benzene rings is 2. The van der Waals surface area contributed by atoms with Gasteiger partial charge in [-0.1, -0.05) is 48.0 Å². The number of hydrogen-bond donors (Lipinski definition) is 0. The van der Waals surface area contributed by atoms with E-state index in [-0.39, 0.29) is 0 Å². The summed E-state index contributed by atoms with van der Waals surface area (Å²) in [5.74, 6) is 0. The van der Waals surface area contributed by atoms with Crippen LogP contribution in [0.5, 0.6) is 0 Å². The van der Waals surface area contributed by atoms with E-state index < -0.39 is 6.68 Å². The van der Waals surface area contributed by atoms with E-state index in [2.05, 4.69) is 68.4 Å². The summed E-state index contributed by atoms with van der Waals surface area (Å²) >= 11 is 1.90. The lowest BCUT2D eigenvalue weighted by molar-refractivity contribution is 0.00819. The van der Waals surface area contributed by atoms with Crippen molar-refractivity contribution in [2.24, 2.45) is 0 Å². The molecule has 0 saturated heterocycles. The zero-order chi connectivity index (χ0) is 15.0. The largest absolute Gasteiger partial charge is 0.379 e. The van der Waals surface area contributed by atoms with Crippen LogP contribution in [0.3, 0.4) is 0 Å². The average Bonchev–Trinajstić information content (AvgIpc) is 2.40. The molecule has 0 bridgehead atoms. The fraction of sp³-hybridized carbons (Fsp3) is 0.250. The number of aryl methyl sites for hydroxylation is 1. The Balaban J connectivity index is 0.000000444. The molecule has 0 nitrogen and oxygen atoms in total. The maximum absolute atomic E-state index is 9.67. The average molecular weight is 298 g/mol. The normalized spacial score (nSPS) is 11.7. The van der Waals surface area contributed by atoms with Gasteiger partial charge >= 0.3 is 6.68 Å². The summed E-state index contributed by atoms with van der Waals surface area (Å²) in [5, 5.41) is 0.503. The lowest BCUT2D eigenvalue weighted by Crippen LogP contribution is -1.88. The first-order valence-corrected chi connectivity index (χ1v) is 7.07. The van der Waals surface area contributed by atoms with Crippen LogP contribution in [0.1, 0.15) is 23.3 Å². The Morgan fingerprint density at radius 1 is 0.850 bits per heavy atom. The highest BCUT2D eigenvalue weighted by Gasteiger charge is 2.06. The number of hydrogen-bond acceptors (Lipinski definition) is 1. The molecule has 1 unspecified atom stereocenters. The molecule has 0 spiro atoms. The molecule has 20 heavy (non-hydrogen) atoms. The minimum absolute atomic E-state index is 0.503. The third kappa shape index (κ3) is 6.66. The van der Waals surface area contributed by atoms with Crippen LogP contribution in [0.4, 0.5) is 13.2 Å². The summed E-state index contributed by atoms with van der Waals surface area (Å²) in [6.07, 6.45) is 0. The fourth-order valence-corrected chi connectivity index (χ4v) is 2.62. The summed E-state index contributed by atoms with van der Waals surface area (Å²) in [4.78, 5) is 1.33. The van der Waals surface area contributed by atoms with Crippen molar-refractivity contribution in [1.82, 2.24) is 0 Å². The van der Waals surface area contributed by atoms with Gasteiger partial charge in [-0.2, -0.15) is 13.2 Å². The minimum atomic E-state index is -3.67. The van der Waals surface area contributed by atoms with E-state index in [1.165, 1.54) is 16.0 Å². The van der Waals surface area contributed by atoms with Gasteiger partial charge in [-0.15, -0.1) is 11.8 Å². The molecule has 0 aliphatic carbocycles. The van der Waals surface area contributed by atoms with E-state index in [9.17, 15) is 13.2 Å². The standard InChI is InChI=1S/C15H16S.CHF3/c1-12-8-10-14(11-9-12)13(2)16-15-6-4-3-5-7-15;2-1(3)4/h3-11,13H,1-2H3;1H. The third-order valence-corrected chi connectivity index (χ3v) is 3.77. The zero-order valence-corrected chi connectivity index (χ0v) is 12.2. The Kier molecular flexibility index (Phi) is 7.23. The van der Waals surface area contributed by atoms with Crippen molar-refractivity contribution >= 4 is 11.8 Å². The van der Waals surface area contributed by atoms with Crippen molar-refractivity contribution in [2.75, 3.05) is 0 Å². The fourth-order valence-electron chi connectivity index (χ4n) is 1.61. The maximum atomic E-state index is 9.67. The molecule has 2 rings (SSSR count). The quantitative estimate of drug-likeness (QED) is 0.624. The van der Waals surface area contributed by atoms with Gasteiger partial charge in [-0.05, 0) is 31.5 Å². The van der Waals surface area contributed by atoms with Crippen LogP contribution >= 0.6 is 11.8 Å². The summed E-state index contributed by atoms with van der Waals surface area (Å²) in [7, 11) is 0. The maximum Gasteiger partial charge on any atom is 0.379 e. The van der Waals surface area contributed by atoms with Crippen LogP contribution in [0.15, 0.2) is 59.5 Å². The molecule has 0 saturated carbocycles. The van der Waals surface area contributed by atoms with Gasteiger partial charge in [0.25, 0.3) is 0 Å². The lowest BCUT2D eigenvalue weighted by Gasteiger charge is -2.11. The first kappa shape index (κ1) is 16.6. The van der Waals surface area contributed by atoms with Gasteiger partial charge in [-0.25, -0.2) is 0 Å². The Bertz CT molecular complexity index is 480. The van der Waals surface area contributed by atoms with Crippen LogP contribution < -0.4 is 0 Å². The molecule has 108 valence electrons. The highest BCUT2D eigenvalue weighted by molar-refractivity contribution is 7.99. The molecule has 0 aliphatic heterocycles. The summed E-state index contributed by atoms with van der Waals surface area (Å²) in [5.41, 5.74) is 2.71. The molecule has 0 radical (unpaired) electrons. The smallest absolute Gasteiger partial charge is 0.174 e. The second-order valence-corrected chi connectivity index (χ2v) is 5.65. The van der Waals surface area contributed by atoms with Gasteiger partial charge < -0.3 is 0 Å². The lowest BCUT2D eigenvalue weighted by atomic mass is 10.1. The van der Waals surface area contributed by atoms with Crippen LogP contribution in [0.2, 0.25) is 0 Å². The van der Waals surface area contributed by atoms with E-state index >= 15 is 0 Å². The van der Waals surface area contributed by atoms with Crippen molar-refractivity contribution in [3.63, 3.8) is 0 Å². The van der Waals surface area contributed by atoms with Gasteiger partial charge in [-0.3, -0.25) is 0 Å². The van der Waals surface area contributed by atoms with Crippen LogP contribution in [0, 0.1) is 6.92 Å². The highest BCUT2D eigenvalue weighted by Crippen LogP contribution is 2.34. The molecule has 0 heterocycles. The van der Waals surface area contributed by atoms with Gasteiger partial charge in [0.05, 0.1) is 0 Å². The molecule has 2 aromatic rings. The van der Waals surface area contributed by atoms with Crippen LogP contribution in [-0.2, 0) is 0 Å². The summed E-state index contributed by atoms with van der Waals surface area (Å²) in [6.45, 7) is 0.709. The summed E-state index contributed by atoms with van der Waals surface area (Å²) in [6, 6.07) is 19.3. The van der Waals surface area contributed by atoms with E-state index in [4.69, 9.17) is 0 Å². The van der Waals surface area contributed by atoms with Gasteiger partial charge in [0.2, 0.25) is 0 Å². The second-order valence-electron chi connectivity index (χ2n) is 4.23. The second kappa shape index (κ2) is 8.69. The van der Waals surface area contributed by atoms with Crippen molar-refractivity contribution in [2.45, 2.75) is 30.7 Å². The topological polar surface area (TPSA) is 0 Å². The molecular weight excluding hydrogens is 281 g/mol. The van der Waals surface area contributed by atoms with Crippen molar-refractivity contribution < 1.29 is 13.2 Å². The molecular formula is C16H17F3S. The predicted octanol–water partition coefficient (Wildman–Crippen LogP) is 6.03. The Morgan fingerprint density at radius 3 is 1.85 bits per heavy atom. The van der Waals surface area contributed by atoms with E-state index in [0.717, 1.165) is 0 Å². The zero-order valence-electron chi connectivity index (χ0n) is 11.4. The van der Waals surface area contributed by atoms with Crippen molar-refractivity contribution in [3.8, 4) is 0 Å². The minimum Gasteiger partial charge on any atom is -0.174 e. The van der Waals surface area contributed by atoms with Crippen molar-refractivity contribution in [3.05, 3.63) is 65.7 Å². The molecule has 0 amide bonds. The number of thioether (sulfide) groups is 1. The predicted molar refractivity (Wildman–Crippen MR) is 79.0 cm³/mol. The van der Waals surface area contributed by atoms with Crippen LogP contribution in [0.25, 0.3) is 0 Å². The molecule has 0 aliphatic rings. The van der Waals surface area contributed by atoms with Gasteiger partial charge in [0, 0.05) is 10.1 Å². The van der Waals surface area contributed by atoms with Gasteiger partial charge in [0.15, 0.2) is 0 Å². The molecule has 0 fully saturated rings. The Labute approximate surface area is 122 Å². The van der Waals surface area contributed by atoms with Crippen molar-refractivity contribution in [1.29, 1.82) is 0 Å². The number of alkyl halides is 3.